The first-order chi connectivity index (χ1) is 15.7. The van der Waals surface area contributed by atoms with Crippen molar-refractivity contribution in [2.75, 3.05) is 6.61 Å². The number of rotatable bonds is 9. The monoisotopic (exact) mass is 460 g/mol. The lowest BCUT2D eigenvalue weighted by molar-refractivity contribution is -0.172. The van der Waals surface area contributed by atoms with Crippen LogP contribution in [-0.2, 0) is 9.47 Å². The summed E-state index contributed by atoms with van der Waals surface area (Å²) in [6.07, 6.45) is -1.03. The van der Waals surface area contributed by atoms with E-state index in [0.29, 0.717) is 31.4 Å². The minimum absolute atomic E-state index is 0.0113. The first-order valence-electron chi connectivity index (χ1n) is 11.9. The van der Waals surface area contributed by atoms with Gasteiger partial charge < -0.3 is 30.2 Å². The molecule has 0 spiro atoms. The Morgan fingerprint density at radius 1 is 1.21 bits per heavy atom. The minimum Gasteiger partial charge on any atom is -0.393 e. The fraction of sp³-hybridized carbons (Fsp3) is 0.680. The number of hydrazone groups is 1. The van der Waals surface area contributed by atoms with Gasteiger partial charge in [-0.3, -0.25) is 4.79 Å². The van der Waals surface area contributed by atoms with Gasteiger partial charge in [0.15, 0.2) is 5.78 Å². The highest BCUT2D eigenvalue weighted by Crippen LogP contribution is 2.39. The van der Waals surface area contributed by atoms with Gasteiger partial charge in [0.25, 0.3) is 0 Å². The third kappa shape index (κ3) is 5.63. The van der Waals surface area contributed by atoms with Crippen LogP contribution in [0.4, 0.5) is 0 Å². The summed E-state index contributed by atoms with van der Waals surface area (Å²) in [6.45, 7) is 6.04. The average Bonchev–Trinajstić information content (AvgIpc) is 3.47. The molecule has 33 heavy (non-hydrogen) atoms. The predicted molar refractivity (Wildman–Crippen MR) is 123 cm³/mol. The first kappa shape index (κ1) is 24.3. The van der Waals surface area contributed by atoms with Gasteiger partial charge in [0.2, 0.25) is 0 Å². The molecule has 4 rings (SSSR count). The standard InChI is InChI=1S/C25H36N2O6/c1-14(15(2)28)24-20(33-24)9-17-13-32-21(23(31)22(17)30)12-25(3)11-18(26-27-25)10-19(29)16-7-5-4-6-8-16/h4-8,14-15,17,20-24,27-28,30-31H,9-13H2,1-3H3/t14-,15-,17-,20-,21-,22+,23-,24-,25-/m0/s1. The van der Waals surface area contributed by atoms with Gasteiger partial charge in [0, 0.05) is 36.0 Å². The van der Waals surface area contributed by atoms with E-state index in [-0.39, 0.29) is 36.2 Å². The molecule has 8 heteroatoms. The maximum Gasteiger partial charge on any atom is 0.168 e. The molecule has 0 bridgehead atoms. The molecule has 0 radical (unpaired) electrons. The molecule has 8 nitrogen and oxygen atoms in total. The van der Waals surface area contributed by atoms with Gasteiger partial charge in [-0.2, -0.15) is 5.10 Å². The van der Waals surface area contributed by atoms with Crippen molar-refractivity contribution in [2.24, 2.45) is 16.9 Å². The van der Waals surface area contributed by atoms with Gasteiger partial charge in [0.05, 0.1) is 49.1 Å². The number of aliphatic hydroxyl groups excluding tert-OH is 3. The zero-order valence-corrected chi connectivity index (χ0v) is 19.6. The number of hydrogen-bond donors (Lipinski definition) is 4. The number of ether oxygens (including phenoxy) is 2. The fourth-order valence-corrected chi connectivity index (χ4v) is 5.03. The van der Waals surface area contributed by atoms with Crippen molar-refractivity contribution in [2.45, 2.75) is 88.6 Å². The van der Waals surface area contributed by atoms with Gasteiger partial charge in [-0.1, -0.05) is 37.3 Å². The van der Waals surface area contributed by atoms with Crippen LogP contribution in [0.3, 0.4) is 0 Å². The molecule has 2 saturated heterocycles. The number of nitrogens with zero attached hydrogens (tertiary/aromatic N) is 1. The predicted octanol–water partition coefficient (Wildman–Crippen LogP) is 1.67. The Labute approximate surface area is 195 Å². The van der Waals surface area contributed by atoms with Gasteiger partial charge >= 0.3 is 0 Å². The van der Waals surface area contributed by atoms with Crippen LogP contribution in [0.2, 0.25) is 0 Å². The molecule has 1 aromatic rings. The molecule has 0 aliphatic carbocycles. The molecule has 0 unspecified atom stereocenters. The van der Waals surface area contributed by atoms with Crippen molar-refractivity contribution in [1.29, 1.82) is 0 Å². The van der Waals surface area contributed by atoms with Gasteiger partial charge in [-0.25, -0.2) is 0 Å². The summed E-state index contributed by atoms with van der Waals surface area (Å²) in [5.41, 5.74) is 4.11. The molecule has 1 aromatic carbocycles. The van der Waals surface area contributed by atoms with E-state index in [4.69, 9.17) is 9.47 Å². The van der Waals surface area contributed by atoms with Crippen molar-refractivity contribution in [3.8, 4) is 0 Å². The lowest BCUT2D eigenvalue weighted by Gasteiger charge is -2.40. The summed E-state index contributed by atoms with van der Waals surface area (Å²) in [5.74, 6) is -0.157. The van der Waals surface area contributed by atoms with Gasteiger partial charge in [-0.05, 0) is 20.3 Å². The molecule has 3 aliphatic rings. The topological polar surface area (TPSA) is 124 Å². The zero-order chi connectivity index (χ0) is 23.8. The maximum atomic E-state index is 12.5. The van der Waals surface area contributed by atoms with Crippen molar-refractivity contribution >= 4 is 11.5 Å². The normalized spacial score (nSPS) is 37.7. The van der Waals surface area contributed by atoms with E-state index < -0.39 is 30.0 Å². The molecule has 3 aliphatic heterocycles. The second kappa shape index (κ2) is 9.80. The lowest BCUT2D eigenvalue weighted by atomic mass is 9.81. The van der Waals surface area contributed by atoms with Gasteiger partial charge in [-0.15, -0.1) is 0 Å². The van der Waals surface area contributed by atoms with E-state index in [2.05, 4.69) is 10.5 Å². The third-order valence-corrected chi connectivity index (χ3v) is 7.36. The Kier molecular flexibility index (Phi) is 7.21. The molecular weight excluding hydrogens is 424 g/mol. The first-order valence-corrected chi connectivity index (χ1v) is 11.9. The number of epoxide rings is 1. The van der Waals surface area contributed by atoms with Crippen LogP contribution in [0.5, 0.6) is 0 Å². The smallest absolute Gasteiger partial charge is 0.168 e. The summed E-state index contributed by atoms with van der Waals surface area (Å²) in [5, 5.41) is 35.6. The average molecular weight is 461 g/mol. The van der Waals surface area contributed by atoms with Crippen molar-refractivity contribution in [3.05, 3.63) is 35.9 Å². The quantitative estimate of drug-likeness (QED) is 0.326. The molecule has 0 amide bonds. The molecule has 3 heterocycles. The fourth-order valence-electron chi connectivity index (χ4n) is 5.03. The van der Waals surface area contributed by atoms with Crippen molar-refractivity contribution in [3.63, 3.8) is 0 Å². The summed E-state index contributed by atoms with van der Waals surface area (Å²) in [7, 11) is 0. The summed E-state index contributed by atoms with van der Waals surface area (Å²) >= 11 is 0. The summed E-state index contributed by atoms with van der Waals surface area (Å²) in [4.78, 5) is 12.5. The van der Waals surface area contributed by atoms with Crippen LogP contribution < -0.4 is 5.43 Å². The van der Waals surface area contributed by atoms with Crippen LogP contribution >= 0.6 is 0 Å². The summed E-state index contributed by atoms with van der Waals surface area (Å²) in [6, 6.07) is 9.16. The summed E-state index contributed by atoms with van der Waals surface area (Å²) < 4.78 is 11.7. The number of aliphatic hydroxyl groups is 3. The maximum absolute atomic E-state index is 12.5. The Hall–Kier alpha value is -1.84. The van der Waals surface area contributed by atoms with Crippen LogP contribution in [0, 0.1) is 11.8 Å². The van der Waals surface area contributed by atoms with E-state index in [1.54, 1.807) is 19.1 Å². The van der Waals surface area contributed by atoms with Crippen molar-refractivity contribution < 1.29 is 29.6 Å². The van der Waals surface area contributed by atoms with Crippen LogP contribution in [0.25, 0.3) is 0 Å². The van der Waals surface area contributed by atoms with E-state index in [1.807, 2.05) is 32.0 Å². The number of Topliss-reactive ketones (excluding diaryl/α,β-unsaturated/α-hetero) is 1. The van der Waals surface area contributed by atoms with E-state index >= 15 is 0 Å². The zero-order valence-electron chi connectivity index (χ0n) is 19.6. The molecule has 0 aromatic heterocycles. The number of carbonyl (C=O) groups is 1. The van der Waals surface area contributed by atoms with E-state index in [1.165, 1.54) is 0 Å². The van der Waals surface area contributed by atoms with E-state index in [0.717, 1.165) is 5.71 Å². The Balaban J connectivity index is 1.26. The minimum atomic E-state index is -1.01. The molecular formula is C25H36N2O6. The molecule has 182 valence electrons. The molecule has 4 N–H and O–H groups in total. The molecule has 9 atom stereocenters. The molecule has 2 fully saturated rings. The highest BCUT2D eigenvalue weighted by molar-refractivity contribution is 6.10. The lowest BCUT2D eigenvalue weighted by Crippen LogP contribution is -2.54. The van der Waals surface area contributed by atoms with Crippen LogP contribution in [0.15, 0.2) is 35.4 Å². The molecule has 0 saturated carbocycles. The van der Waals surface area contributed by atoms with Crippen molar-refractivity contribution in [1.82, 2.24) is 5.43 Å². The largest absolute Gasteiger partial charge is 0.393 e. The van der Waals surface area contributed by atoms with Gasteiger partial charge in [0.1, 0.15) is 6.10 Å². The second-order valence-electron chi connectivity index (χ2n) is 10.3. The number of carbonyl (C=O) groups excluding carboxylic acids is 1. The van der Waals surface area contributed by atoms with Crippen LogP contribution in [0.1, 0.15) is 56.8 Å². The third-order valence-electron chi connectivity index (χ3n) is 7.36. The number of nitrogens with one attached hydrogen (secondary N) is 1. The SMILES string of the molecule is C[C@H]([C@@H]1O[C@H]1C[C@H]1CO[C@@H](C[C@]2(C)CC(CC(=O)c3ccccc3)=NN2)[C@H](O)[C@@H]1O)[C@H](C)O. The van der Waals surface area contributed by atoms with Crippen LogP contribution in [-0.4, -0.2) is 75.6 Å². The Morgan fingerprint density at radius 2 is 1.94 bits per heavy atom. The van der Waals surface area contributed by atoms with E-state index in [9.17, 15) is 20.1 Å². The number of benzene rings is 1. The highest BCUT2D eigenvalue weighted by atomic mass is 16.6. The number of ketones is 1. The highest BCUT2D eigenvalue weighted by Gasteiger charge is 2.49. The Bertz CT molecular complexity index is 862. The Morgan fingerprint density at radius 3 is 2.64 bits per heavy atom. The second-order valence-corrected chi connectivity index (χ2v) is 10.3. The number of hydrogen-bond acceptors (Lipinski definition) is 8.